The van der Waals surface area contributed by atoms with E-state index in [0.717, 1.165) is 21.6 Å². The lowest BCUT2D eigenvalue weighted by Crippen LogP contribution is -2.28. The molecule has 1 aromatic rings. The first-order valence-corrected chi connectivity index (χ1v) is 7.37. The topological polar surface area (TPSA) is 76.8 Å². The van der Waals surface area contributed by atoms with Gasteiger partial charge in [-0.05, 0) is 6.92 Å². The number of methoxy groups -OCH3 is 1. The van der Waals surface area contributed by atoms with Crippen molar-refractivity contribution in [1.29, 1.82) is 0 Å². The number of carbonyl (C=O) groups is 2. The van der Waals surface area contributed by atoms with Gasteiger partial charge in [-0.25, -0.2) is 9.59 Å². The zero-order chi connectivity index (χ0) is 15.3. The summed E-state index contributed by atoms with van der Waals surface area (Å²) in [5.41, 5.74) is 0.984. The summed E-state index contributed by atoms with van der Waals surface area (Å²) in [5.74, 6) is 0.676. The SMILES string of the molecule is C=C(C)CSc1nn(C(=O)OC)c(=NC(=O)N(C)C)s1. The molecule has 0 aliphatic rings. The standard InChI is InChI=1S/C11H16N4O3S2/c1-7(2)6-19-10-13-15(11(17)18-5)9(20-10)12-8(16)14(3)4/h1,6H2,2-5H3. The minimum atomic E-state index is -0.686. The summed E-state index contributed by atoms with van der Waals surface area (Å²) >= 11 is 2.57. The lowest BCUT2D eigenvalue weighted by molar-refractivity contribution is 0.167. The van der Waals surface area contributed by atoms with E-state index in [9.17, 15) is 9.59 Å². The molecule has 0 atom stereocenters. The number of urea groups is 1. The molecular formula is C11H16N4O3S2. The monoisotopic (exact) mass is 316 g/mol. The van der Waals surface area contributed by atoms with Gasteiger partial charge in [-0.15, -0.1) is 9.78 Å². The van der Waals surface area contributed by atoms with Crippen LogP contribution in [0.2, 0.25) is 0 Å². The van der Waals surface area contributed by atoms with Crippen molar-refractivity contribution in [2.75, 3.05) is 27.0 Å². The average molecular weight is 316 g/mol. The zero-order valence-corrected chi connectivity index (χ0v) is 13.4. The van der Waals surface area contributed by atoms with Gasteiger partial charge in [-0.3, -0.25) is 0 Å². The second-order valence-corrected chi connectivity index (χ2v) is 6.25. The van der Waals surface area contributed by atoms with Crippen LogP contribution < -0.4 is 4.80 Å². The number of rotatable bonds is 3. The quantitative estimate of drug-likeness (QED) is 0.628. The molecule has 0 spiro atoms. The minimum Gasteiger partial charge on any atom is -0.451 e. The Morgan fingerprint density at radius 2 is 2.20 bits per heavy atom. The normalized spacial score (nSPS) is 11.3. The molecule has 0 bridgehead atoms. The number of thioether (sulfide) groups is 1. The van der Waals surface area contributed by atoms with E-state index in [2.05, 4.69) is 21.4 Å². The third-order valence-electron chi connectivity index (χ3n) is 1.90. The fraction of sp³-hybridized carbons (Fsp3) is 0.455. The van der Waals surface area contributed by atoms with Crippen molar-refractivity contribution < 1.29 is 14.3 Å². The average Bonchev–Trinajstić information content (AvgIpc) is 2.78. The van der Waals surface area contributed by atoms with Crippen LogP contribution >= 0.6 is 23.1 Å². The van der Waals surface area contributed by atoms with Crippen molar-refractivity contribution in [1.82, 2.24) is 14.7 Å². The Morgan fingerprint density at radius 3 is 2.70 bits per heavy atom. The molecule has 20 heavy (non-hydrogen) atoms. The van der Waals surface area contributed by atoms with Crippen LogP contribution in [0.5, 0.6) is 0 Å². The molecule has 1 heterocycles. The van der Waals surface area contributed by atoms with Crippen LogP contribution in [0.25, 0.3) is 0 Å². The van der Waals surface area contributed by atoms with Crippen molar-refractivity contribution in [3.05, 3.63) is 17.0 Å². The van der Waals surface area contributed by atoms with E-state index in [1.165, 1.54) is 23.8 Å². The molecule has 0 fully saturated rings. The Balaban J connectivity index is 3.16. The smallest absolute Gasteiger partial charge is 0.437 e. The van der Waals surface area contributed by atoms with E-state index in [1.54, 1.807) is 14.1 Å². The molecule has 7 nitrogen and oxygen atoms in total. The van der Waals surface area contributed by atoms with Gasteiger partial charge < -0.3 is 9.64 Å². The van der Waals surface area contributed by atoms with Crippen LogP contribution in [-0.4, -0.2) is 53.8 Å². The predicted octanol–water partition coefficient (Wildman–Crippen LogP) is 1.81. The number of amides is 2. The van der Waals surface area contributed by atoms with Gasteiger partial charge in [0.1, 0.15) is 0 Å². The first-order chi connectivity index (χ1) is 9.35. The molecule has 0 saturated carbocycles. The molecule has 0 aliphatic carbocycles. The number of hydrogen-bond donors (Lipinski definition) is 0. The molecule has 0 aliphatic heterocycles. The van der Waals surface area contributed by atoms with Gasteiger partial charge in [-0.1, -0.05) is 35.3 Å². The van der Waals surface area contributed by atoms with E-state index >= 15 is 0 Å². The maximum Gasteiger partial charge on any atom is 0.437 e. The fourth-order valence-corrected chi connectivity index (χ4v) is 2.72. The molecule has 0 unspecified atom stereocenters. The predicted molar refractivity (Wildman–Crippen MR) is 78.1 cm³/mol. The van der Waals surface area contributed by atoms with E-state index in [0.29, 0.717) is 10.1 Å². The summed E-state index contributed by atoms with van der Waals surface area (Å²) < 4.78 is 6.21. The Bertz CT molecular complexity index is 589. The molecule has 0 aromatic carbocycles. The van der Waals surface area contributed by atoms with E-state index in [1.807, 2.05) is 6.92 Å². The van der Waals surface area contributed by atoms with Crippen molar-refractivity contribution >= 4 is 35.2 Å². The summed E-state index contributed by atoms with van der Waals surface area (Å²) in [5, 5.41) is 4.08. The molecule has 0 radical (unpaired) electrons. The molecule has 0 saturated heterocycles. The number of hydrogen-bond acceptors (Lipinski definition) is 6. The van der Waals surface area contributed by atoms with Gasteiger partial charge in [0.15, 0.2) is 4.34 Å². The van der Waals surface area contributed by atoms with Gasteiger partial charge >= 0.3 is 12.1 Å². The molecule has 1 rings (SSSR count). The molecular weight excluding hydrogens is 300 g/mol. The number of ether oxygens (including phenoxy) is 1. The lowest BCUT2D eigenvalue weighted by Gasteiger charge is -2.03. The number of carbonyl (C=O) groups excluding carboxylic acids is 2. The van der Waals surface area contributed by atoms with Crippen molar-refractivity contribution in [2.24, 2.45) is 4.99 Å². The van der Waals surface area contributed by atoms with Gasteiger partial charge in [0.25, 0.3) is 0 Å². The first kappa shape index (κ1) is 16.4. The summed E-state index contributed by atoms with van der Waals surface area (Å²) in [6.07, 6.45) is -0.686. The lowest BCUT2D eigenvalue weighted by atomic mass is 10.4. The third-order valence-corrected chi connectivity index (χ3v) is 4.18. The fourth-order valence-electron chi connectivity index (χ4n) is 0.967. The van der Waals surface area contributed by atoms with Crippen LogP contribution in [-0.2, 0) is 4.74 Å². The summed E-state index contributed by atoms with van der Waals surface area (Å²) in [6.45, 7) is 5.69. The van der Waals surface area contributed by atoms with Crippen molar-refractivity contribution in [2.45, 2.75) is 11.3 Å². The highest BCUT2D eigenvalue weighted by Crippen LogP contribution is 2.19. The van der Waals surface area contributed by atoms with E-state index in [-0.39, 0.29) is 4.80 Å². The first-order valence-electron chi connectivity index (χ1n) is 5.56. The molecule has 1 aromatic heterocycles. The summed E-state index contributed by atoms with van der Waals surface area (Å²) in [6, 6.07) is -0.470. The third kappa shape index (κ3) is 4.49. The molecule has 110 valence electrons. The Morgan fingerprint density at radius 1 is 1.55 bits per heavy atom. The second-order valence-electron chi connectivity index (χ2n) is 4.07. The van der Waals surface area contributed by atoms with Crippen LogP contribution in [0.3, 0.4) is 0 Å². The maximum atomic E-state index is 11.6. The molecule has 2 amide bonds. The van der Waals surface area contributed by atoms with Crippen LogP contribution in [0.1, 0.15) is 6.92 Å². The highest BCUT2D eigenvalue weighted by atomic mass is 32.2. The Kier molecular flexibility index (Phi) is 5.96. The van der Waals surface area contributed by atoms with Crippen LogP contribution in [0.15, 0.2) is 21.5 Å². The van der Waals surface area contributed by atoms with Gasteiger partial charge in [0.2, 0.25) is 4.80 Å². The van der Waals surface area contributed by atoms with E-state index < -0.39 is 12.1 Å². The van der Waals surface area contributed by atoms with Gasteiger partial charge in [0, 0.05) is 19.8 Å². The Labute approximate surface area is 124 Å². The van der Waals surface area contributed by atoms with Crippen LogP contribution in [0, 0.1) is 0 Å². The van der Waals surface area contributed by atoms with Crippen molar-refractivity contribution in [3.63, 3.8) is 0 Å². The molecule has 0 N–H and O–H groups in total. The highest BCUT2D eigenvalue weighted by Gasteiger charge is 2.14. The zero-order valence-electron chi connectivity index (χ0n) is 11.7. The number of nitrogens with zero attached hydrogens (tertiary/aromatic N) is 4. The molecule has 9 heteroatoms. The largest absolute Gasteiger partial charge is 0.451 e. The van der Waals surface area contributed by atoms with Gasteiger partial charge in [-0.2, -0.15) is 4.99 Å². The summed E-state index contributed by atoms with van der Waals surface area (Å²) in [4.78, 5) is 28.5. The van der Waals surface area contributed by atoms with Crippen LogP contribution in [0.4, 0.5) is 9.59 Å². The maximum absolute atomic E-state index is 11.6. The Hall–Kier alpha value is -1.61. The minimum absolute atomic E-state index is 0.180. The van der Waals surface area contributed by atoms with E-state index in [4.69, 9.17) is 0 Å². The number of aromatic nitrogens is 2. The second kappa shape index (κ2) is 7.25. The highest BCUT2D eigenvalue weighted by molar-refractivity contribution is 8.01. The van der Waals surface area contributed by atoms with Crippen molar-refractivity contribution in [3.8, 4) is 0 Å². The summed E-state index contributed by atoms with van der Waals surface area (Å²) in [7, 11) is 4.39. The van der Waals surface area contributed by atoms with Gasteiger partial charge in [0.05, 0.1) is 7.11 Å².